The summed E-state index contributed by atoms with van der Waals surface area (Å²) in [6.45, 7) is 0. The maximum Gasteiger partial charge on any atom is 0.0547 e. The molecule has 11 rings (SSSR count). The zero-order valence-electron chi connectivity index (χ0n) is 28.4. The number of hydrogen-bond donors (Lipinski definition) is 0. The normalized spacial score (nSPS) is 11.8. The van der Waals surface area contributed by atoms with E-state index in [1.807, 2.05) is 0 Å². The van der Waals surface area contributed by atoms with Crippen LogP contribution in [0.3, 0.4) is 0 Å². The maximum atomic E-state index is 2.43. The van der Waals surface area contributed by atoms with Crippen molar-refractivity contribution in [2.24, 2.45) is 0 Å². The van der Waals surface area contributed by atoms with Crippen LogP contribution in [0.4, 0.5) is 0 Å². The lowest BCUT2D eigenvalue weighted by molar-refractivity contribution is 1.18. The Labute approximate surface area is 301 Å². The molecule has 0 saturated carbocycles. The maximum absolute atomic E-state index is 2.43. The fourth-order valence-electron chi connectivity index (χ4n) is 8.62. The minimum Gasteiger partial charge on any atom is -0.309 e. The molecule has 2 heterocycles. The van der Waals surface area contributed by atoms with Gasteiger partial charge in [-0.3, -0.25) is 0 Å². The molecule has 0 N–H and O–H groups in total. The summed E-state index contributed by atoms with van der Waals surface area (Å²) >= 11 is 0. The van der Waals surface area contributed by atoms with Gasteiger partial charge in [0.15, 0.2) is 0 Å². The van der Waals surface area contributed by atoms with Crippen molar-refractivity contribution in [2.45, 2.75) is 0 Å². The molecule has 242 valence electrons. The molecule has 0 spiro atoms. The van der Waals surface area contributed by atoms with Crippen LogP contribution in [-0.4, -0.2) is 9.13 Å². The Morgan fingerprint density at radius 2 is 0.769 bits per heavy atom. The van der Waals surface area contributed by atoms with E-state index < -0.39 is 0 Å². The SMILES string of the molecule is c1ccc(-n2c3ccccc3c3cc(-c4ccc5c(c4)c4c(-c6cccc7ccc8ccccc8c67)cccc4n5-c4ccccc4)ccc32)cc1. The van der Waals surface area contributed by atoms with E-state index in [1.165, 1.54) is 93.1 Å². The number of fused-ring (bicyclic) bond motifs is 9. The Balaban J connectivity index is 1.20. The van der Waals surface area contributed by atoms with Crippen LogP contribution in [0.15, 0.2) is 194 Å². The molecule has 0 atom stereocenters. The number of benzene rings is 9. The summed E-state index contributed by atoms with van der Waals surface area (Å²) in [6.07, 6.45) is 0. The van der Waals surface area contributed by atoms with Crippen molar-refractivity contribution in [3.05, 3.63) is 194 Å². The van der Waals surface area contributed by atoms with Crippen LogP contribution in [0, 0.1) is 0 Å². The highest BCUT2D eigenvalue weighted by molar-refractivity contribution is 6.22. The summed E-state index contributed by atoms with van der Waals surface area (Å²) in [4.78, 5) is 0. The molecular weight excluding hydrogens is 629 g/mol. The van der Waals surface area contributed by atoms with Crippen molar-refractivity contribution in [3.63, 3.8) is 0 Å². The molecule has 0 aliphatic carbocycles. The van der Waals surface area contributed by atoms with Crippen molar-refractivity contribution >= 4 is 65.2 Å². The molecule has 0 saturated heterocycles. The van der Waals surface area contributed by atoms with Crippen LogP contribution in [0.2, 0.25) is 0 Å². The van der Waals surface area contributed by atoms with Crippen LogP contribution in [0.1, 0.15) is 0 Å². The Bertz CT molecular complexity index is 3160. The first-order valence-corrected chi connectivity index (χ1v) is 17.9. The molecule has 0 radical (unpaired) electrons. The summed E-state index contributed by atoms with van der Waals surface area (Å²) in [5.41, 5.74) is 12.1. The van der Waals surface area contributed by atoms with Crippen molar-refractivity contribution in [3.8, 4) is 33.6 Å². The number of rotatable bonds is 4. The molecule has 0 amide bonds. The third-order valence-electron chi connectivity index (χ3n) is 10.9. The molecular formula is C50H32N2. The van der Waals surface area contributed by atoms with Gasteiger partial charge >= 0.3 is 0 Å². The molecule has 0 aliphatic rings. The average molecular weight is 661 g/mol. The topological polar surface area (TPSA) is 9.86 Å². The summed E-state index contributed by atoms with van der Waals surface area (Å²) in [6, 6.07) is 71.0. The first-order chi connectivity index (χ1) is 25.8. The molecule has 9 aromatic carbocycles. The largest absolute Gasteiger partial charge is 0.309 e. The lowest BCUT2D eigenvalue weighted by atomic mass is 9.91. The second-order valence-corrected chi connectivity index (χ2v) is 13.7. The zero-order chi connectivity index (χ0) is 34.2. The summed E-state index contributed by atoms with van der Waals surface area (Å²) < 4.78 is 4.81. The van der Waals surface area contributed by atoms with E-state index in [9.17, 15) is 0 Å². The molecule has 0 unspecified atom stereocenters. The third-order valence-corrected chi connectivity index (χ3v) is 10.9. The van der Waals surface area contributed by atoms with Gasteiger partial charge < -0.3 is 9.13 Å². The molecule has 0 bridgehead atoms. The Hall–Kier alpha value is -6.90. The first-order valence-electron chi connectivity index (χ1n) is 17.9. The van der Waals surface area contributed by atoms with Gasteiger partial charge in [-0.15, -0.1) is 0 Å². The van der Waals surface area contributed by atoms with Crippen molar-refractivity contribution in [1.29, 1.82) is 0 Å². The fraction of sp³-hybridized carbons (Fsp3) is 0. The van der Waals surface area contributed by atoms with Crippen LogP contribution in [0.5, 0.6) is 0 Å². The van der Waals surface area contributed by atoms with Gasteiger partial charge in [0, 0.05) is 32.9 Å². The highest BCUT2D eigenvalue weighted by Crippen LogP contribution is 2.44. The minimum atomic E-state index is 1.16. The van der Waals surface area contributed by atoms with Gasteiger partial charge in [-0.1, -0.05) is 133 Å². The van der Waals surface area contributed by atoms with Crippen molar-refractivity contribution in [1.82, 2.24) is 9.13 Å². The summed E-state index contributed by atoms with van der Waals surface area (Å²) in [5, 5.41) is 10.1. The third kappa shape index (κ3) is 4.25. The molecule has 2 nitrogen and oxygen atoms in total. The molecule has 0 aliphatic heterocycles. The highest BCUT2D eigenvalue weighted by Gasteiger charge is 2.19. The van der Waals surface area contributed by atoms with Gasteiger partial charge in [-0.25, -0.2) is 0 Å². The van der Waals surface area contributed by atoms with Gasteiger partial charge in [-0.05, 0) is 104 Å². The molecule has 52 heavy (non-hydrogen) atoms. The second-order valence-electron chi connectivity index (χ2n) is 13.7. The molecule has 2 aromatic heterocycles. The Kier molecular flexibility index (Phi) is 6.28. The van der Waals surface area contributed by atoms with Crippen molar-refractivity contribution in [2.75, 3.05) is 0 Å². The smallest absolute Gasteiger partial charge is 0.0547 e. The van der Waals surface area contributed by atoms with Gasteiger partial charge in [0.2, 0.25) is 0 Å². The van der Waals surface area contributed by atoms with Gasteiger partial charge in [0.1, 0.15) is 0 Å². The second kappa shape index (κ2) is 11.3. The van der Waals surface area contributed by atoms with E-state index in [0.29, 0.717) is 0 Å². The van der Waals surface area contributed by atoms with E-state index in [4.69, 9.17) is 0 Å². The zero-order valence-corrected chi connectivity index (χ0v) is 28.4. The van der Waals surface area contributed by atoms with Gasteiger partial charge in [-0.2, -0.15) is 0 Å². The lowest BCUT2D eigenvalue weighted by Gasteiger charge is -2.12. The fourth-order valence-corrected chi connectivity index (χ4v) is 8.62. The quantitative estimate of drug-likeness (QED) is 0.166. The standard InChI is InChI=1S/C50H32N2/c1-3-15-37(16-4-1)51-45-23-10-9-20-40(45)43-31-35(27-29-46(43)51)36-28-30-47-44(32-36)50-42(22-12-24-48(50)52(47)38-17-5-2-6-18-38)41-21-11-14-34-26-25-33-13-7-8-19-39(33)49(34)41/h1-32H. The van der Waals surface area contributed by atoms with E-state index >= 15 is 0 Å². The van der Waals surface area contributed by atoms with E-state index in [2.05, 4.69) is 203 Å². The predicted molar refractivity (Wildman–Crippen MR) is 221 cm³/mol. The van der Waals surface area contributed by atoms with E-state index in [0.717, 1.165) is 5.69 Å². The minimum absolute atomic E-state index is 1.16. The average Bonchev–Trinajstić information content (AvgIpc) is 3.73. The Morgan fingerprint density at radius 1 is 0.269 bits per heavy atom. The van der Waals surface area contributed by atoms with Gasteiger partial charge in [0.05, 0.1) is 22.1 Å². The monoisotopic (exact) mass is 660 g/mol. The number of nitrogens with zero attached hydrogens (tertiary/aromatic N) is 2. The van der Waals surface area contributed by atoms with Crippen molar-refractivity contribution < 1.29 is 0 Å². The summed E-state index contributed by atoms with van der Waals surface area (Å²) in [7, 11) is 0. The first kappa shape index (κ1) is 28.9. The Morgan fingerprint density at radius 3 is 1.52 bits per heavy atom. The van der Waals surface area contributed by atoms with E-state index in [1.54, 1.807) is 0 Å². The molecule has 11 aromatic rings. The van der Waals surface area contributed by atoms with Crippen LogP contribution < -0.4 is 0 Å². The van der Waals surface area contributed by atoms with Crippen LogP contribution in [0.25, 0.3) is 98.8 Å². The molecule has 0 fully saturated rings. The number of aromatic nitrogens is 2. The molecule has 2 heteroatoms. The summed E-state index contributed by atoms with van der Waals surface area (Å²) in [5.74, 6) is 0. The lowest BCUT2D eigenvalue weighted by Crippen LogP contribution is -1.93. The van der Waals surface area contributed by atoms with Crippen LogP contribution >= 0.6 is 0 Å². The predicted octanol–water partition coefficient (Wildman–Crippen LogP) is 13.5. The number of para-hydroxylation sites is 3. The number of hydrogen-bond acceptors (Lipinski definition) is 0. The van der Waals surface area contributed by atoms with Gasteiger partial charge in [0.25, 0.3) is 0 Å². The highest BCUT2D eigenvalue weighted by atomic mass is 15.0. The van der Waals surface area contributed by atoms with Crippen LogP contribution in [-0.2, 0) is 0 Å². The van der Waals surface area contributed by atoms with E-state index in [-0.39, 0.29) is 0 Å².